The molecular weight excluding hydrogens is 212 g/mol. The van der Waals surface area contributed by atoms with E-state index in [1.165, 1.54) is 0 Å². The Labute approximate surface area is 90.3 Å². The number of hydrogen-bond acceptors (Lipinski definition) is 2. The third-order valence-electron chi connectivity index (χ3n) is 3.50. The lowest BCUT2D eigenvalue weighted by Crippen LogP contribution is -2.42. The second-order valence-corrected chi connectivity index (χ2v) is 10.6. The molecule has 0 aromatic carbocycles. The molecular formula is C10H18O4Si. The van der Waals surface area contributed by atoms with Crippen LogP contribution >= 0.6 is 0 Å². The molecule has 15 heavy (non-hydrogen) atoms. The lowest BCUT2D eigenvalue weighted by atomic mass is 9.79. The maximum Gasteiger partial charge on any atom is 0.310 e. The Balaban J connectivity index is 2.78. The summed E-state index contributed by atoms with van der Waals surface area (Å²) in [6, 6.07) is 1.85. The largest absolute Gasteiger partial charge is 0.481 e. The summed E-state index contributed by atoms with van der Waals surface area (Å²) < 4.78 is 0. The van der Waals surface area contributed by atoms with Gasteiger partial charge in [-0.15, -0.1) is 0 Å². The van der Waals surface area contributed by atoms with Crippen molar-refractivity contribution in [1.29, 1.82) is 0 Å². The Kier molecular flexibility index (Phi) is 3.23. The van der Waals surface area contributed by atoms with Crippen molar-refractivity contribution in [3.8, 4) is 0 Å². The lowest BCUT2D eigenvalue weighted by molar-refractivity contribution is -0.156. The van der Waals surface area contributed by atoms with E-state index >= 15 is 0 Å². The molecule has 1 fully saturated rings. The molecule has 1 rings (SSSR count). The Hall–Kier alpha value is -0.843. The predicted octanol–water partition coefficient (Wildman–Crippen LogP) is 2.03. The maximum atomic E-state index is 11.2. The van der Waals surface area contributed by atoms with Gasteiger partial charge >= 0.3 is 11.9 Å². The zero-order valence-electron chi connectivity index (χ0n) is 9.25. The quantitative estimate of drug-likeness (QED) is 0.727. The SMILES string of the molecule is C[Si]1(C)CCC(CC(=O)O)(C(=O)O)CC1. The summed E-state index contributed by atoms with van der Waals surface area (Å²) >= 11 is 0. The van der Waals surface area contributed by atoms with Crippen molar-refractivity contribution < 1.29 is 19.8 Å². The van der Waals surface area contributed by atoms with Crippen LogP contribution in [-0.2, 0) is 9.59 Å². The van der Waals surface area contributed by atoms with Crippen LogP contribution in [0.15, 0.2) is 0 Å². The van der Waals surface area contributed by atoms with E-state index < -0.39 is 25.4 Å². The molecule has 4 nitrogen and oxygen atoms in total. The summed E-state index contributed by atoms with van der Waals surface area (Å²) in [5.74, 6) is -1.94. The van der Waals surface area contributed by atoms with E-state index in [1.807, 2.05) is 0 Å². The second-order valence-electron chi connectivity index (χ2n) is 5.32. The molecule has 0 atom stereocenters. The fourth-order valence-electron chi connectivity index (χ4n) is 2.16. The average Bonchev–Trinajstić information content (AvgIpc) is 2.08. The van der Waals surface area contributed by atoms with E-state index in [-0.39, 0.29) is 6.42 Å². The number of carboxylic acids is 2. The first-order valence-corrected chi connectivity index (χ1v) is 8.64. The number of carbonyl (C=O) groups is 2. The monoisotopic (exact) mass is 230 g/mol. The summed E-state index contributed by atoms with van der Waals surface area (Å²) in [7, 11) is -1.23. The van der Waals surface area contributed by atoms with Gasteiger partial charge in [-0.2, -0.15) is 0 Å². The van der Waals surface area contributed by atoms with Gasteiger partial charge in [0.25, 0.3) is 0 Å². The first-order valence-electron chi connectivity index (χ1n) is 5.23. The first kappa shape index (κ1) is 12.2. The van der Waals surface area contributed by atoms with Crippen molar-refractivity contribution in [2.45, 2.75) is 44.4 Å². The van der Waals surface area contributed by atoms with Crippen molar-refractivity contribution >= 4 is 20.0 Å². The molecule has 0 aromatic heterocycles. The fourth-order valence-corrected chi connectivity index (χ4v) is 4.72. The highest BCUT2D eigenvalue weighted by Crippen LogP contribution is 2.43. The standard InChI is InChI=1S/C10H18O4Si/c1-15(2)5-3-10(4-6-15,9(13)14)7-8(11)12/h3-7H2,1-2H3,(H,11,12)(H,13,14). The molecule has 0 aliphatic carbocycles. The Morgan fingerprint density at radius 1 is 1.20 bits per heavy atom. The van der Waals surface area contributed by atoms with Crippen LogP contribution in [0.25, 0.3) is 0 Å². The highest BCUT2D eigenvalue weighted by molar-refractivity contribution is 6.77. The molecule has 0 amide bonds. The van der Waals surface area contributed by atoms with Crippen LogP contribution in [0.1, 0.15) is 19.3 Å². The minimum Gasteiger partial charge on any atom is -0.481 e. The molecule has 0 aromatic rings. The molecule has 5 heteroatoms. The zero-order valence-corrected chi connectivity index (χ0v) is 10.2. The number of aliphatic carboxylic acids is 2. The van der Waals surface area contributed by atoms with E-state index in [1.54, 1.807) is 0 Å². The van der Waals surface area contributed by atoms with E-state index in [9.17, 15) is 9.59 Å². The molecule has 1 aliphatic rings. The van der Waals surface area contributed by atoms with Crippen LogP contribution in [-0.4, -0.2) is 30.2 Å². The highest BCUT2D eigenvalue weighted by atomic mass is 28.3. The van der Waals surface area contributed by atoms with E-state index in [0.717, 1.165) is 12.1 Å². The van der Waals surface area contributed by atoms with Crippen LogP contribution in [0.5, 0.6) is 0 Å². The van der Waals surface area contributed by atoms with E-state index in [2.05, 4.69) is 13.1 Å². The molecule has 1 saturated heterocycles. The van der Waals surface area contributed by atoms with Crippen molar-refractivity contribution in [3.05, 3.63) is 0 Å². The van der Waals surface area contributed by atoms with Crippen molar-refractivity contribution in [1.82, 2.24) is 0 Å². The van der Waals surface area contributed by atoms with E-state index in [0.29, 0.717) is 12.8 Å². The highest BCUT2D eigenvalue weighted by Gasteiger charge is 2.46. The van der Waals surface area contributed by atoms with Crippen molar-refractivity contribution in [3.63, 3.8) is 0 Å². The fraction of sp³-hybridized carbons (Fsp3) is 0.800. The maximum absolute atomic E-state index is 11.2. The number of rotatable bonds is 3. The molecule has 0 saturated carbocycles. The molecule has 86 valence electrons. The summed E-state index contributed by atoms with van der Waals surface area (Å²) in [6.07, 6.45) is 0.842. The van der Waals surface area contributed by atoms with Gasteiger partial charge in [0.05, 0.1) is 11.8 Å². The lowest BCUT2D eigenvalue weighted by Gasteiger charge is -2.38. The van der Waals surface area contributed by atoms with Crippen LogP contribution in [0.2, 0.25) is 25.2 Å². The molecule has 0 unspecified atom stereocenters. The van der Waals surface area contributed by atoms with Crippen molar-refractivity contribution in [2.24, 2.45) is 5.41 Å². The zero-order chi connectivity index (χ0) is 11.7. The van der Waals surface area contributed by atoms with Crippen molar-refractivity contribution in [2.75, 3.05) is 0 Å². The van der Waals surface area contributed by atoms with Gasteiger partial charge in [0, 0.05) is 8.07 Å². The number of carboxylic acid groups (broad SMARTS) is 2. The molecule has 1 aliphatic heterocycles. The van der Waals surface area contributed by atoms with Gasteiger partial charge in [-0.25, -0.2) is 0 Å². The summed E-state index contributed by atoms with van der Waals surface area (Å²) in [6.45, 7) is 4.47. The molecule has 0 bridgehead atoms. The van der Waals surface area contributed by atoms with Gasteiger partial charge < -0.3 is 10.2 Å². The Morgan fingerprint density at radius 2 is 1.67 bits per heavy atom. The minimum atomic E-state index is -1.23. The molecule has 0 spiro atoms. The smallest absolute Gasteiger partial charge is 0.310 e. The summed E-state index contributed by atoms with van der Waals surface area (Å²) in [4.78, 5) is 21.9. The third kappa shape index (κ3) is 2.81. The van der Waals surface area contributed by atoms with Crippen LogP contribution in [0, 0.1) is 5.41 Å². The van der Waals surface area contributed by atoms with Gasteiger partial charge in [0.15, 0.2) is 0 Å². The second kappa shape index (κ2) is 3.96. The number of hydrogen-bond donors (Lipinski definition) is 2. The Bertz CT molecular complexity index is 275. The van der Waals surface area contributed by atoms with E-state index in [4.69, 9.17) is 10.2 Å². The van der Waals surface area contributed by atoms with Crippen LogP contribution in [0.4, 0.5) is 0 Å². The minimum absolute atomic E-state index is 0.229. The third-order valence-corrected chi connectivity index (χ3v) is 6.71. The van der Waals surface area contributed by atoms with Gasteiger partial charge in [-0.1, -0.05) is 25.2 Å². The molecule has 1 heterocycles. The van der Waals surface area contributed by atoms with Gasteiger partial charge in [-0.05, 0) is 12.8 Å². The van der Waals surface area contributed by atoms with Crippen LogP contribution in [0.3, 0.4) is 0 Å². The summed E-state index contributed by atoms with van der Waals surface area (Å²) in [5, 5.41) is 17.9. The molecule has 0 radical (unpaired) electrons. The van der Waals surface area contributed by atoms with Crippen LogP contribution < -0.4 is 0 Å². The molecule has 2 N–H and O–H groups in total. The Morgan fingerprint density at radius 3 is 2.00 bits per heavy atom. The topological polar surface area (TPSA) is 74.6 Å². The summed E-state index contributed by atoms with van der Waals surface area (Å²) in [5.41, 5.74) is -0.992. The van der Waals surface area contributed by atoms with Gasteiger partial charge in [0.2, 0.25) is 0 Å². The average molecular weight is 230 g/mol. The van der Waals surface area contributed by atoms with Gasteiger partial charge in [-0.3, -0.25) is 9.59 Å². The van der Waals surface area contributed by atoms with Gasteiger partial charge in [0.1, 0.15) is 0 Å². The normalized spacial score (nSPS) is 23.3. The predicted molar refractivity (Wildman–Crippen MR) is 58.7 cm³/mol. The first-order chi connectivity index (χ1) is 6.77.